The second kappa shape index (κ2) is 9.41. The summed E-state index contributed by atoms with van der Waals surface area (Å²) in [5.74, 6) is -0.303. The van der Waals surface area contributed by atoms with E-state index in [1.54, 1.807) is 43.5 Å². The first-order valence-corrected chi connectivity index (χ1v) is 10.6. The van der Waals surface area contributed by atoms with E-state index in [1.807, 2.05) is 54.3 Å². The minimum atomic E-state index is -0.421. The molecule has 1 aliphatic rings. The van der Waals surface area contributed by atoms with E-state index in [0.717, 1.165) is 5.56 Å². The van der Waals surface area contributed by atoms with E-state index in [-0.39, 0.29) is 0 Å². The molecule has 0 unspecified atom stereocenters. The van der Waals surface area contributed by atoms with Crippen molar-refractivity contribution in [3.05, 3.63) is 101 Å². The Balaban J connectivity index is 1.86. The van der Waals surface area contributed by atoms with Crippen LogP contribution in [0.25, 0.3) is 5.57 Å². The van der Waals surface area contributed by atoms with Gasteiger partial charge in [-0.3, -0.25) is 9.59 Å². The lowest BCUT2D eigenvalue weighted by molar-refractivity contribution is -0.120. The number of anilines is 1. The quantitative estimate of drug-likeness (QED) is 0.513. The fourth-order valence-electron chi connectivity index (χ4n) is 3.98. The van der Waals surface area contributed by atoms with Crippen LogP contribution in [0.2, 0.25) is 0 Å². The van der Waals surface area contributed by atoms with E-state index in [2.05, 4.69) is 6.07 Å². The predicted octanol–water partition coefficient (Wildman–Crippen LogP) is 4.37. The van der Waals surface area contributed by atoms with Gasteiger partial charge in [-0.25, -0.2) is 4.90 Å². The third-order valence-corrected chi connectivity index (χ3v) is 5.60. The molecule has 4 rings (SSSR count). The highest BCUT2D eigenvalue weighted by atomic mass is 16.5. The molecule has 6 heteroatoms. The summed E-state index contributed by atoms with van der Waals surface area (Å²) in [4.78, 5) is 30.6. The molecule has 0 bridgehead atoms. The summed E-state index contributed by atoms with van der Waals surface area (Å²) < 4.78 is 5.52. The molecule has 1 heterocycles. The molecule has 0 saturated carbocycles. The first-order chi connectivity index (χ1) is 16.1. The molecule has 0 aliphatic carbocycles. The number of para-hydroxylation sites is 1. The molecule has 0 aromatic heterocycles. The number of likely N-dealkylation sites (N-methyl/N-ethyl adjacent to an activating group) is 1. The fraction of sp³-hybridized carbons (Fsp3) is 0.148. The lowest BCUT2D eigenvalue weighted by Gasteiger charge is -2.25. The number of carbonyl (C=O) groups is 2. The van der Waals surface area contributed by atoms with Crippen molar-refractivity contribution in [1.82, 2.24) is 4.90 Å². The lowest BCUT2D eigenvalue weighted by atomic mass is 10.0. The van der Waals surface area contributed by atoms with Crippen molar-refractivity contribution < 1.29 is 14.3 Å². The average molecular weight is 437 g/mol. The van der Waals surface area contributed by atoms with Gasteiger partial charge in [-0.15, -0.1) is 0 Å². The van der Waals surface area contributed by atoms with Gasteiger partial charge in [0.05, 0.1) is 30.0 Å². The standard InChI is InChI=1S/C27H23N3O3/c1-3-29(18-20-9-5-4-6-10-20)25-24(22-11-7-8-12-23(22)33-2)26(31)30(27(25)32)21-15-13-19(17-28)14-16-21/h4-16H,3,18H2,1-2H3. The van der Waals surface area contributed by atoms with Crippen LogP contribution in [0.3, 0.4) is 0 Å². The van der Waals surface area contributed by atoms with E-state index >= 15 is 0 Å². The van der Waals surface area contributed by atoms with E-state index in [4.69, 9.17) is 10.00 Å². The molecule has 164 valence electrons. The molecule has 0 radical (unpaired) electrons. The van der Waals surface area contributed by atoms with Gasteiger partial charge < -0.3 is 9.64 Å². The van der Waals surface area contributed by atoms with Crippen molar-refractivity contribution in [2.75, 3.05) is 18.6 Å². The molecule has 2 amide bonds. The van der Waals surface area contributed by atoms with Crippen LogP contribution in [0.5, 0.6) is 5.75 Å². The average Bonchev–Trinajstić information content (AvgIpc) is 3.12. The van der Waals surface area contributed by atoms with Crippen LogP contribution in [0.4, 0.5) is 5.69 Å². The van der Waals surface area contributed by atoms with Crippen molar-refractivity contribution in [2.45, 2.75) is 13.5 Å². The summed E-state index contributed by atoms with van der Waals surface area (Å²) >= 11 is 0. The Bertz CT molecular complexity index is 1260. The third-order valence-electron chi connectivity index (χ3n) is 5.60. The highest BCUT2D eigenvalue weighted by Gasteiger charge is 2.43. The number of rotatable bonds is 7. The Labute approximate surface area is 192 Å². The number of carbonyl (C=O) groups excluding carboxylic acids is 2. The molecule has 3 aromatic carbocycles. The SMILES string of the molecule is CCN(Cc1ccccc1)C1=C(c2ccccc2OC)C(=O)N(c2ccc(C#N)cc2)C1=O. The highest BCUT2D eigenvalue weighted by molar-refractivity contribution is 6.45. The Morgan fingerprint density at radius 1 is 0.909 bits per heavy atom. The number of nitriles is 1. The molecule has 0 spiro atoms. The van der Waals surface area contributed by atoms with Gasteiger partial charge in [0.1, 0.15) is 11.4 Å². The zero-order valence-electron chi connectivity index (χ0n) is 18.5. The summed E-state index contributed by atoms with van der Waals surface area (Å²) in [6, 6.07) is 25.5. The molecule has 1 aliphatic heterocycles. The Hall–Kier alpha value is -4.37. The zero-order valence-corrected chi connectivity index (χ0v) is 18.5. The van der Waals surface area contributed by atoms with Gasteiger partial charge in [0.15, 0.2) is 0 Å². The van der Waals surface area contributed by atoms with Crippen molar-refractivity contribution in [3.63, 3.8) is 0 Å². The maximum Gasteiger partial charge on any atom is 0.282 e. The molecular formula is C27H23N3O3. The summed E-state index contributed by atoms with van der Waals surface area (Å²) in [6.07, 6.45) is 0. The van der Waals surface area contributed by atoms with Crippen LogP contribution in [0.15, 0.2) is 84.6 Å². The fourth-order valence-corrected chi connectivity index (χ4v) is 3.98. The van der Waals surface area contributed by atoms with E-state index in [0.29, 0.717) is 46.9 Å². The van der Waals surface area contributed by atoms with Gasteiger partial charge in [-0.2, -0.15) is 5.26 Å². The van der Waals surface area contributed by atoms with Gasteiger partial charge in [-0.1, -0.05) is 48.5 Å². The van der Waals surface area contributed by atoms with Crippen LogP contribution in [0.1, 0.15) is 23.6 Å². The molecule has 0 atom stereocenters. The van der Waals surface area contributed by atoms with Crippen molar-refractivity contribution in [1.29, 1.82) is 5.26 Å². The highest BCUT2D eigenvalue weighted by Crippen LogP contribution is 2.38. The summed E-state index contributed by atoms with van der Waals surface area (Å²) in [5.41, 5.74) is 3.11. The van der Waals surface area contributed by atoms with Gasteiger partial charge in [0, 0.05) is 18.7 Å². The minimum absolute atomic E-state index is 0.305. The first-order valence-electron chi connectivity index (χ1n) is 10.6. The number of amides is 2. The van der Waals surface area contributed by atoms with Gasteiger partial charge in [0.25, 0.3) is 11.8 Å². The van der Waals surface area contributed by atoms with Crippen LogP contribution in [-0.4, -0.2) is 30.4 Å². The minimum Gasteiger partial charge on any atom is -0.496 e. The molecule has 3 aromatic rings. The van der Waals surface area contributed by atoms with Crippen LogP contribution in [-0.2, 0) is 16.1 Å². The third kappa shape index (κ3) is 4.09. The predicted molar refractivity (Wildman–Crippen MR) is 126 cm³/mol. The number of hydrogen-bond donors (Lipinski definition) is 0. The maximum absolute atomic E-state index is 13.7. The Morgan fingerprint density at radius 2 is 1.58 bits per heavy atom. The van der Waals surface area contributed by atoms with E-state index in [1.165, 1.54) is 4.90 Å². The second-order valence-electron chi connectivity index (χ2n) is 7.53. The molecule has 0 N–H and O–H groups in total. The number of benzene rings is 3. The zero-order chi connectivity index (χ0) is 23.4. The number of imide groups is 1. The van der Waals surface area contributed by atoms with Crippen LogP contribution >= 0.6 is 0 Å². The molecule has 0 fully saturated rings. The monoisotopic (exact) mass is 437 g/mol. The maximum atomic E-state index is 13.7. The molecule has 0 saturated heterocycles. The van der Waals surface area contributed by atoms with E-state index in [9.17, 15) is 9.59 Å². The second-order valence-corrected chi connectivity index (χ2v) is 7.53. The van der Waals surface area contributed by atoms with E-state index < -0.39 is 11.8 Å². The van der Waals surface area contributed by atoms with Crippen molar-refractivity contribution >= 4 is 23.1 Å². The van der Waals surface area contributed by atoms with Crippen molar-refractivity contribution in [2.24, 2.45) is 0 Å². The number of ether oxygens (including phenoxy) is 1. The normalized spacial score (nSPS) is 13.3. The smallest absolute Gasteiger partial charge is 0.282 e. The van der Waals surface area contributed by atoms with Crippen LogP contribution in [0, 0.1) is 11.3 Å². The summed E-state index contributed by atoms with van der Waals surface area (Å²) in [5, 5.41) is 9.11. The molecule has 6 nitrogen and oxygen atoms in total. The van der Waals surface area contributed by atoms with Gasteiger partial charge in [0.2, 0.25) is 0 Å². The van der Waals surface area contributed by atoms with Gasteiger partial charge >= 0.3 is 0 Å². The Kier molecular flexibility index (Phi) is 6.23. The summed E-state index contributed by atoms with van der Waals surface area (Å²) in [7, 11) is 1.54. The molecule has 33 heavy (non-hydrogen) atoms. The number of methoxy groups -OCH3 is 1. The van der Waals surface area contributed by atoms with Crippen molar-refractivity contribution in [3.8, 4) is 11.8 Å². The largest absolute Gasteiger partial charge is 0.496 e. The number of nitrogens with zero attached hydrogens (tertiary/aromatic N) is 3. The summed E-state index contributed by atoms with van der Waals surface area (Å²) in [6.45, 7) is 2.96. The van der Waals surface area contributed by atoms with Gasteiger partial charge in [-0.05, 0) is 42.8 Å². The molecular weight excluding hydrogens is 414 g/mol. The van der Waals surface area contributed by atoms with Crippen LogP contribution < -0.4 is 9.64 Å². The topological polar surface area (TPSA) is 73.6 Å². The lowest BCUT2D eigenvalue weighted by Crippen LogP contribution is -2.35. The Morgan fingerprint density at radius 3 is 2.21 bits per heavy atom. The first kappa shape index (κ1) is 21.8. The number of hydrogen-bond acceptors (Lipinski definition) is 5.